The van der Waals surface area contributed by atoms with Gasteiger partial charge in [-0.3, -0.25) is 9.59 Å². The van der Waals surface area contributed by atoms with Crippen LogP contribution in [0.15, 0.2) is 22.9 Å². The molecule has 0 atom stereocenters. The third kappa shape index (κ3) is 3.69. The van der Waals surface area contributed by atoms with Gasteiger partial charge in [-0.25, -0.2) is 4.98 Å². The minimum Gasteiger partial charge on any atom is -0.342 e. The first-order chi connectivity index (χ1) is 12.7. The van der Waals surface area contributed by atoms with Crippen molar-refractivity contribution in [2.45, 2.75) is 32.1 Å². The number of amides is 2. The summed E-state index contributed by atoms with van der Waals surface area (Å²) >= 11 is 3.15. The molecule has 138 valence electrons. The smallest absolute Gasteiger partial charge is 0.273 e. The highest BCUT2D eigenvalue weighted by atomic mass is 32.1. The quantitative estimate of drug-likeness (QED) is 0.804. The van der Waals surface area contributed by atoms with Crippen LogP contribution in [0, 0.1) is 5.92 Å². The molecule has 2 fully saturated rings. The SMILES string of the molecule is O=C(c1csc(-c2cccs2)n1)N1CCC(C(=O)N2CCCCC2)CC1. The maximum absolute atomic E-state index is 12.7. The number of thiazole rings is 1. The van der Waals surface area contributed by atoms with Gasteiger partial charge in [-0.1, -0.05) is 6.07 Å². The maximum atomic E-state index is 12.7. The number of piperidine rings is 2. The number of hydrogen-bond donors (Lipinski definition) is 0. The first-order valence-electron chi connectivity index (χ1n) is 9.30. The van der Waals surface area contributed by atoms with E-state index in [1.807, 2.05) is 32.7 Å². The molecular formula is C19H23N3O2S2. The molecule has 0 radical (unpaired) electrons. The van der Waals surface area contributed by atoms with E-state index in [2.05, 4.69) is 4.98 Å². The standard InChI is InChI=1S/C19H23N3O2S2/c23-18(21-8-2-1-3-9-21)14-6-10-22(11-7-14)19(24)15-13-26-17(20-15)16-5-4-12-25-16/h4-5,12-14H,1-3,6-11H2. The summed E-state index contributed by atoms with van der Waals surface area (Å²) in [6.07, 6.45) is 5.02. The van der Waals surface area contributed by atoms with Gasteiger partial charge in [0.25, 0.3) is 5.91 Å². The Kier molecular flexibility index (Phi) is 5.36. The Balaban J connectivity index is 1.34. The highest BCUT2D eigenvalue weighted by molar-refractivity contribution is 7.20. The van der Waals surface area contributed by atoms with Crippen molar-refractivity contribution in [3.8, 4) is 9.88 Å². The van der Waals surface area contributed by atoms with Crippen LogP contribution in [0.2, 0.25) is 0 Å². The van der Waals surface area contributed by atoms with Crippen molar-refractivity contribution in [3.63, 3.8) is 0 Å². The number of carbonyl (C=O) groups excluding carboxylic acids is 2. The van der Waals surface area contributed by atoms with Crippen molar-refractivity contribution < 1.29 is 9.59 Å². The van der Waals surface area contributed by atoms with E-state index in [4.69, 9.17) is 0 Å². The van der Waals surface area contributed by atoms with Gasteiger partial charge in [-0.05, 0) is 43.6 Å². The average Bonchev–Trinajstić information content (AvgIpc) is 3.39. The maximum Gasteiger partial charge on any atom is 0.273 e. The Morgan fingerprint density at radius 2 is 1.77 bits per heavy atom. The number of hydrogen-bond acceptors (Lipinski definition) is 5. The molecule has 2 saturated heterocycles. The molecule has 2 aromatic heterocycles. The predicted molar refractivity (Wildman–Crippen MR) is 104 cm³/mol. The molecule has 4 rings (SSSR count). The van der Waals surface area contributed by atoms with Crippen LogP contribution in [0.3, 0.4) is 0 Å². The number of carbonyl (C=O) groups is 2. The molecule has 0 aliphatic carbocycles. The molecule has 0 saturated carbocycles. The fourth-order valence-electron chi connectivity index (χ4n) is 3.75. The molecule has 2 aliphatic heterocycles. The summed E-state index contributed by atoms with van der Waals surface area (Å²) < 4.78 is 0. The molecule has 0 unspecified atom stereocenters. The summed E-state index contributed by atoms with van der Waals surface area (Å²) in [6, 6.07) is 4.02. The molecule has 2 aliphatic rings. The zero-order valence-corrected chi connectivity index (χ0v) is 16.4. The van der Waals surface area contributed by atoms with Crippen LogP contribution in [0.4, 0.5) is 0 Å². The van der Waals surface area contributed by atoms with Crippen LogP contribution in [-0.2, 0) is 4.79 Å². The molecule has 5 nitrogen and oxygen atoms in total. The number of likely N-dealkylation sites (tertiary alicyclic amines) is 2. The van der Waals surface area contributed by atoms with Crippen LogP contribution in [0.1, 0.15) is 42.6 Å². The summed E-state index contributed by atoms with van der Waals surface area (Å²) in [4.78, 5) is 34.9. The summed E-state index contributed by atoms with van der Waals surface area (Å²) in [5, 5.41) is 4.77. The van der Waals surface area contributed by atoms with E-state index in [-0.39, 0.29) is 11.8 Å². The molecule has 0 bridgehead atoms. The second-order valence-electron chi connectivity index (χ2n) is 6.97. The molecule has 0 N–H and O–H groups in total. The van der Waals surface area contributed by atoms with E-state index in [0.717, 1.165) is 48.7 Å². The Morgan fingerprint density at radius 3 is 2.46 bits per heavy atom. The van der Waals surface area contributed by atoms with E-state index in [0.29, 0.717) is 24.7 Å². The zero-order chi connectivity index (χ0) is 17.9. The van der Waals surface area contributed by atoms with E-state index >= 15 is 0 Å². The molecule has 4 heterocycles. The number of aromatic nitrogens is 1. The van der Waals surface area contributed by atoms with Crippen molar-refractivity contribution in [2.75, 3.05) is 26.2 Å². The molecule has 0 aromatic carbocycles. The van der Waals surface area contributed by atoms with Crippen LogP contribution in [0.5, 0.6) is 0 Å². The number of nitrogens with zero attached hydrogens (tertiary/aromatic N) is 3. The summed E-state index contributed by atoms with van der Waals surface area (Å²) in [5.74, 6) is 0.368. The van der Waals surface area contributed by atoms with Crippen molar-refractivity contribution in [1.29, 1.82) is 0 Å². The van der Waals surface area contributed by atoms with Crippen molar-refractivity contribution in [3.05, 3.63) is 28.6 Å². The minimum absolute atomic E-state index is 0.00655. The van der Waals surface area contributed by atoms with E-state index < -0.39 is 0 Å². The van der Waals surface area contributed by atoms with Crippen LogP contribution < -0.4 is 0 Å². The second-order valence-corrected chi connectivity index (χ2v) is 8.77. The fraction of sp³-hybridized carbons (Fsp3) is 0.526. The summed E-state index contributed by atoms with van der Waals surface area (Å²) in [6.45, 7) is 3.11. The highest BCUT2D eigenvalue weighted by Crippen LogP contribution is 2.29. The van der Waals surface area contributed by atoms with E-state index in [1.165, 1.54) is 17.8 Å². The molecule has 2 amide bonds. The fourth-order valence-corrected chi connectivity index (χ4v) is 5.36. The third-order valence-electron chi connectivity index (χ3n) is 5.25. The van der Waals surface area contributed by atoms with Gasteiger partial charge < -0.3 is 9.80 Å². The monoisotopic (exact) mass is 389 g/mol. The summed E-state index contributed by atoms with van der Waals surface area (Å²) in [7, 11) is 0. The lowest BCUT2D eigenvalue weighted by Crippen LogP contribution is -2.45. The van der Waals surface area contributed by atoms with Gasteiger partial charge in [0, 0.05) is 37.5 Å². The van der Waals surface area contributed by atoms with Crippen LogP contribution in [-0.4, -0.2) is 52.8 Å². The molecule has 2 aromatic rings. The first kappa shape index (κ1) is 17.7. The van der Waals surface area contributed by atoms with Gasteiger partial charge in [0.15, 0.2) is 0 Å². The van der Waals surface area contributed by atoms with Crippen molar-refractivity contribution in [2.24, 2.45) is 5.92 Å². The second kappa shape index (κ2) is 7.88. The number of thiophene rings is 1. The first-order valence-corrected chi connectivity index (χ1v) is 11.1. The van der Waals surface area contributed by atoms with Crippen molar-refractivity contribution >= 4 is 34.5 Å². The summed E-state index contributed by atoms with van der Waals surface area (Å²) in [5.41, 5.74) is 0.527. The molecule has 7 heteroatoms. The van der Waals surface area contributed by atoms with Gasteiger partial charge in [-0.2, -0.15) is 0 Å². The Hall–Kier alpha value is -1.73. The van der Waals surface area contributed by atoms with Crippen molar-refractivity contribution in [1.82, 2.24) is 14.8 Å². The van der Waals surface area contributed by atoms with Gasteiger partial charge in [-0.15, -0.1) is 22.7 Å². The predicted octanol–water partition coefficient (Wildman–Crippen LogP) is 3.74. The normalized spacial score (nSPS) is 18.9. The molecule has 0 spiro atoms. The lowest BCUT2D eigenvalue weighted by Gasteiger charge is -2.35. The van der Waals surface area contributed by atoms with Gasteiger partial charge in [0.1, 0.15) is 10.7 Å². The van der Waals surface area contributed by atoms with Gasteiger partial charge in [0.05, 0.1) is 4.88 Å². The zero-order valence-electron chi connectivity index (χ0n) is 14.7. The Bertz CT molecular complexity index is 758. The van der Waals surface area contributed by atoms with E-state index in [9.17, 15) is 9.59 Å². The molecule has 26 heavy (non-hydrogen) atoms. The van der Waals surface area contributed by atoms with Crippen LogP contribution >= 0.6 is 22.7 Å². The third-order valence-corrected chi connectivity index (χ3v) is 7.14. The average molecular weight is 390 g/mol. The molecular weight excluding hydrogens is 366 g/mol. The lowest BCUT2D eigenvalue weighted by molar-refractivity contribution is -0.137. The highest BCUT2D eigenvalue weighted by Gasteiger charge is 2.31. The minimum atomic E-state index is -0.00655. The van der Waals surface area contributed by atoms with Crippen LogP contribution in [0.25, 0.3) is 9.88 Å². The van der Waals surface area contributed by atoms with Gasteiger partial charge in [0.2, 0.25) is 5.91 Å². The van der Waals surface area contributed by atoms with E-state index in [1.54, 1.807) is 11.3 Å². The largest absolute Gasteiger partial charge is 0.342 e. The topological polar surface area (TPSA) is 53.5 Å². The van der Waals surface area contributed by atoms with Gasteiger partial charge >= 0.3 is 0 Å². The number of rotatable bonds is 3. The Labute approximate surface area is 161 Å². The Morgan fingerprint density at radius 1 is 1.00 bits per heavy atom. The lowest BCUT2D eigenvalue weighted by atomic mass is 9.94.